The highest BCUT2D eigenvalue weighted by Gasteiger charge is 2.02. The Morgan fingerprint density at radius 3 is 2.52 bits per heavy atom. The summed E-state index contributed by atoms with van der Waals surface area (Å²) in [5.74, 6) is 0. The number of aryl methyl sites for hydroxylation is 1. The van der Waals surface area contributed by atoms with Gasteiger partial charge in [0.05, 0.1) is 6.07 Å². The molecule has 2 aromatic rings. The highest BCUT2D eigenvalue weighted by Crippen LogP contribution is 2.29. The molecule has 2 rings (SSSR count). The first-order valence-electron chi connectivity index (χ1n) is 8.47. The molecular formula is C23H23NS. The Bertz CT molecular complexity index is 820. The monoisotopic (exact) mass is 345 g/mol. The molecule has 0 aliphatic heterocycles. The van der Waals surface area contributed by atoms with Gasteiger partial charge >= 0.3 is 0 Å². The molecule has 126 valence electrons. The van der Waals surface area contributed by atoms with Gasteiger partial charge < -0.3 is 0 Å². The van der Waals surface area contributed by atoms with E-state index in [1.807, 2.05) is 25.1 Å². The zero-order valence-corrected chi connectivity index (χ0v) is 15.6. The molecule has 2 heteroatoms. The SMILES string of the molecule is C=C(C#N)/C=C\C(=C/C)c1ccc(Sc2cccc(CCC)c2)cc1. The second-order valence-corrected chi connectivity index (χ2v) is 6.89. The molecule has 0 bridgehead atoms. The highest BCUT2D eigenvalue weighted by atomic mass is 32.2. The first kappa shape index (κ1) is 18.8. The standard InChI is InChI=1S/C23H23NS/c1-4-7-19-8-6-9-23(16-19)25-22-14-12-21(13-15-22)20(5-2)11-10-18(3)17-24/h5-6,8-16H,3-4,7H2,1-2H3/b11-10-,20-5+. The quantitative estimate of drug-likeness (QED) is 0.405. The number of benzene rings is 2. The summed E-state index contributed by atoms with van der Waals surface area (Å²) in [4.78, 5) is 2.49. The van der Waals surface area contributed by atoms with Crippen LogP contribution in [-0.2, 0) is 6.42 Å². The summed E-state index contributed by atoms with van der Waals surface area (Å²) >= 11 is 1.78. The molecule has 0 atom stereocenters. The lowest BCUT2D eigenvalue weighted by atomic mass is 10.0. The lowest BCUT2D eigenvalue weighted by molar-refractivity contribution is 0.918. The lowest BCUT2D eigenvalue weighted by Gasteiger charge is -2.07. The van der Waals surface area contributed by atoms with Gasteiger partial charge in [0.15, 0.2) is 0 Å². The Balaban J connectivity index is 2.11. The molecule has 0 aliphatic rings. The van der Waals surface area contributed by atoms with Crippen LogP contribution in [0.4, 0.5) is 0 Å². The molecule has 0 unspecified atom stereocenters. The number of nitrogens with zero attached hydrogens (tertiary/aromatic N) is 1. The number of allylic oxidation sites excluding steroid dienone is 5. The molecule has 0 aromatic heterocycles. The predicted octanol–water partition coefficient (Wildman–Crippen LogP) is 6.83. The third-order valence-corrected chi connectivity index (χ3v) is 4.78. The van der Waals surface area contributed by atoms with Gasteiger partial charge in [0.25, 0.3) is 0 Å². The van der Waals surface area contributed by atoms with Crippen LogP contribution < -0.4 is 0 Å². The van der Waals surface area contributed by atoms with Crippen LogP contribution in [0.3, 0.4) is 0 Å². The zero-order valence-electron chi connectivity index (χ0n) is 14.8. The van der Waals surface area contributed by atoms with Crippen molar-refractivity contribution >= 4 is 17.3 Å². The van der Waals surface area contributed by atoms with Crippen LogP contribution in [0.25, 0.3) is 5.57 Å². The summed E-state index contributed by atoms with van der Waals surface area (Å²) in [6.45, 7) is 7.88. The Kier molecular flexibility index (Phi) is 7.32. The smallest absolute Gasteiger partial charge is 0.0985 e. The molecule has 0 spiro atoms. The van der Waals surface area contributed by atoms with Gasteiger partial charge in [-0.15, -0.1) is 0 Å². The van der Waals surface area contributed by atoms with E-state index in [0.29, 0.717) is 5.57 Å². The van der Waals surface area contributed by atoms with Crippen molar-refractivity contribution < 1.29 is 0 Å². The van der Waals surface area contributed by atoms with E-state index in [1.54, 1.807) is 17.8 Å². The molecule has 0 saturated heterocycles. The molecule has 1 nitrogen and oxygen atoms in total. The minimum atomic E-state index is 0.457. The summed E-state index contributed by atoms with van der Waals surface area (Å²) in [5.41, 5.74) is 4.06. The molecule has 0 aliphatic carbocycles. The fourth-order valence-corrected chi connectivity index (χ4v) is 3.39. The molecule has 25 heavy (non-hydrogen) atoms. The molecule has 2 aromatic carbocycles. The normalized spacial score (nSPS) is 11.5. The Labute approximate surface area is 155 Å². The third kappa shape index (κ3) is 5.81. The second kappa shape index (κ2) is 9.71. The number of hydrogen-bond acceptors (Lipinski definition) is 2. The second-order valence-electron chi connectivity index (χ2n) is 5.74. The van der Waals surface area contributed by atoms with Crippen molar-refractivity contribution in [2.45, 2.75) is 36.5 Å². The van der Waals surface area contributed by atoms with Crippen molar-refractivity contribution in [2.24, 2.45) is 0 Å². The van der Waals surface area contributed by atoms with Gasteiger partial charge in [0.1, 0.15) is 0 Å². The first-order chi connectivity index (χ1) is 12.2. The molecule has 0 saturated carbocycles. The molecule has 0 fully saturated rings. The van der Waals surface area contributed by atoms with Crippen molar-refractivity contribution in [3.05, 3.63) is 90.0 Å². The van der Waals surface area contributed by atoms with Crippen molar-refractivity contribution in [3.8, 4) is 6.07 Å². The average molecular weight is 346 g/mol. The van der Waals surface area contributed by atoms with Gasteiger partial charge in [-0.2, -0.15) is 5.26 Å². The molecule has 0 heterocycles. The maximum absolute atomic E-state index is 8.80. The van der Waals surface area contributed by atoms with Crippen molar-refractivity contribution in [2.75, 3.05) is 0 Å². The maximum Gasteiger partial charge on any atom is 0.0985 e. The van der Waals surface area contributed by atoms with Gasteiger partial charge in [0.2, 0.25) is 0 Å². The van der Waals surface area contributed by atoms with Gasteiger partial charge in [-0.3, -0.25) is 0 Å². The van der Waals surface area contributed by atoms with Crippen LogP contribution in [0, 0.1) is 11.3 Å². The van der Waals surface area contributed by atoms with Crippen molar-refractivity contribution in [1.82, 2.24) is 0 Å². The third-order valence-electron chi connectivity index (χ3n) is 3.78. The molecule has 0 radical (unpaired) electrons. The van der Waals surface area contributed by atoms with Crippen LogP contribution in [0.1, 0.15) is 31.4 Å². The van der Waals surface area contributed by atoms with E-state index in [-0.39, 0.29) is 0 Å². The fraction of sp³-hybridized carbons (Fsp3) is 0.174. The van der Waals surface area contributed by atoms with Gasteiger partial charge in [-0.05, 0) is 60.4 Å². The highest BCUT2D eigenvalue weighted by molar-refractivity contribution is 7.99. The van der Waals surface area contributed by atoms with E-state index < -0.39 is 0 Å². The van der Waals surface area contributed by atoms with Gasteiger partial charge in [-0.25, -0.2) is 0 Å². The molecule has 0 N–H and O–H groups in total. The summed E-state index contributed by atoms with van der Waals surface area (Å²) in [5, 5.41) is 8.80. The summed E-state index contributed by atoms with van der Waals surface area (Å²) in [6.07, 6.45) is 8.01. The van der Waals surface area contributed by atoms with Gasteiger partial charge in [0, 0.05) is 15.4 Å². The van der Waals surface area contributed by atoms with Crippen LogP contribution in [0.5, 0.6) is 0 Å². The van der Waals surface area contributed by atoms with Crippen LogP contribution >= 0.6 is 11.8 Å². The topological polar surface area (TPSA) is 23.8 Å². The summed E-state index contributed by atoms with van der Waals surface area (Å²) in [7, 11) is 0. The van der Waals surface area contributed by atoms with Crippen LogP contribution in [-0.4, -0.2) is 0 Å². The summed E-state index contributed by atoms with van der Waals surface area (Å²) < 4.78 is 0. The van der Waals surface area contributed by atoms with E-state index in [9.17, 15) is 0 Å². The largest absolute Gasteiger partial charge is 0.192 e. The average Bonchev–Trinajstić information content (AvgIpc) is 2.64. The van der Waals surface area contributed by atoms with Gasteiger partial charge in [-0.1, -0.05) is 68.1 Å². The van der Waals surface area contributed by atoms with E-state index in [4.69, 9.17) is 5.26 Å². The van der Waals surface area contributed by atoms with Crippen LogP contribution in [0.15, 0.2) is 88.7 Å². The number of hydrogen-bond donors (Lipinski definition) is 0. The van der Waals surface area contributed by atoms with E-state index in [0.717, 1.165) is 17.6 Å². The number of rotatable bonds is 7. The zero-order chi connectivity index (χ0) is 18.1. The number of nitriles is 1. The predicted molar refractivity (Wildman–Crippen MR) is 109 cm³/mol. The van der Waals surface area contributed by atoms with Crippen LogP contribution in [0.2, 0.25) is 0 Å². The minimum absolute atomic E-state index is 0.457. The lowest BCUT2D eigenvalue weighted by Crippen LogP contribution is -1.84. The Morgan fingerprint density at radius 1 is 1.12 bits per heavy atom. The van der Waals surface area contributed by atoms with E-state index in [2.05, 4.69) is 62.0 Å². The van der Waals surface area contributed by atoms with E-state index in [1.165, 1.54) is 21.8 Å². The maximum atomic E-state index is 8.80. The van der Waals surface area contributed by atoms with E-state index >= 15 is 0 Å². The molecular weight excluding hydrogens is 322 g/mol. The van der Waals surface area contributed by atoms with Crippen molar-refractivity contribution in [3.63, 3.8) is 0 Å². The Hall–Kier alpha value is -2.50. The minimum Gasteiger partial charge on any atom is -0.192 e. The molecule has 0 amide bonds. The summed E-state index contributed by atoms with van der Waals surface area (Å²) in [6, 6.07) is 19.3. The Morgan fingerprint density at radius 2 is 1.88 bits per heavy atom. The fourth-order valence-electron chi connectivity index (χ4n) is 2.49. The first-order valence-corrected chi connectivity index (χ1v) is 9.28. The van der Waals surface area contributed by atoms with Crippen molar-refractivity contribution in [1.29, 1.82) is 5.26 Å².